The Kier molecular flexibility index (Phi) is 6.21. The lowest BCUT2D eigenvalue weighted by molar-refractivity contribution is -0.140. The Labute approximate surface area is 116 Å². The highest BCUT2D eigenvalue weighted by Crippen LogP contribution is 2.20. The predicted molar refractivity (Wildman–Crippen MR) is 78.2 cm³/mol. The van der Waals surface area contributed by atoms with Crippen LogP contribution >= 0.6 is 11.8 Å². The minimum atomic E-state index is -0.264. The molecule has 0 aliphatic heterocycles. The summed E-state index contributed by atoms with van der Waals surface area (Å²) in [6, 6.07) is 5.39. The van der Waals surface area contributed by atoms with E-state index in [0.29, 0.717) is 23.6 Å². The van der Waals surface area contributed by atoms with Crippen molar-refractivity contribution in [3.8, 4) is 0 Å². The summed E-state index contributed by atoms with van der Waals surface area (Å²) in [6.45, 7) is 1.86. The van der Waals surface area contributed by atoms with E-state index in [1.807, 2.05) is 13.0 Å². The molecule has 0 unspecified atom stereocenters. The van der Waals surface area contributed by atoms with Gasteiger partial charge in [-0.25, -0.2) is 0 Å². The van der Waals surface area contributed by atoms with Crippen LogP contribution in [0.1, 0.15) is 12.0 Å². The molecule has 19 heavy (non-hydrogen) atoms. The fourth-order valence-electron chi connectivity index (χ4n) is 1.40. The minimum Gasteiger partial charge on any atom is -0.469 e. The molecule has 5 nitrogen and oxygen atoms in total. The van der Waals surface area contributed by atoms with Crippen molar-refractivity contribution in [3.63, 3.8) is 0 Å². The second kappa shape index (κ2) is 7.68. The third kappa shape index (κ3) is 5.21. The van der Waals surface area contributed by atoms with E-state index in [0.717, 1.165) is 11.3 Å². The lowest BCUT2D eigenvalue weighted by atomic mass is 10.1. The second-order valence-corrected chi connectivity index (χ2v) is 5.05. The summed E-state index contributed by atoms with van der Waals surface area (Å²) in [6.07, 6.45) is 0.311. The zero-order valence-corrected chi connectivity index (χ0v) is 11.9. The highest BCUT2D eigenvalue weighted by atomic mass is 32.2. The molecule has 0 bridgehead atoms. The molecule has 6 heteroatoms. The summed E-state index contributed by atoms with van der Waals surface area (Å²) in [5, 5.41) is 2.80. The number of anilines is 2. The largest absolute Gasteiger partial charge is 0.469 e. The first kappa shape index (κ1) is 15.4. The monoisotopic (exact) mass is 282 g/mol. The first-order valence-corrected chi connectivity index (χ1v) is 6.99. The van der Waals surface area contributed by atoms with Crippen LogP contribution in [0.2, 0.25) is 0 Å². The van der Waals surface area contributed by atoms with Crippen LogP contribution in [0.15, 0.2) is 18.2 Å². The molecule has 0 spiro atoms. The van der Waals surface area contributed by atoms with Crippen LogP contribution in [0.25, 0.3) is 0 Å². The number of hydrogen-bond donors (Lipinski definition) is 2. The summed E-state index contributed by atoms with van der Waals surface area (Å²) in [7, 11) is 1.35. The van der Waals surface area contributed by atoms with E-state index in [9.17, 15) is 9.59 Å². The van der Waals surface area contributed by atoms with Gasteiger partial charge >= 0.3 is 5.97 Å². The van der Waals surface area contributed by atoms with Gasteiger partial charge in [-0.15, -0.1) is 0 Å². The third-order valence-electron chi connectivity index (χ3n) is 2.56. The van der Waals surface area contributed by atoms with Crippen LogP contribution in [-0.4, -0.2) is 30.5 Å². The lowest BCUT2D eigenvalue weighted by Gasteiger charge is -2.09. The highest BCUT2D eigenvalue weighted by Gasteiger charge is 2.07. The van der Waals surface area contributed by atoms with Crippen LogP contribution in [-0.2, 0) is 14.3 Å². The van der Waals surface area contributed by atoms with Crippen molar-refractivity contribution < 1.29 is 14.3 Å². The lowest BCUT2D eigenvalue weighted by Crippen LogP contribution is -2.16. The molecular formula is C13H18N2O3S. The van der Waals surface area contributed by atoms with Gasteiger partial charge in [-0.2, -0.15) is 11.8 Å². The van der Waals surface area contributed by atoms with Crippen molar-refractivity contribution in [3.05, 3.63) is 23.8 Å². The first-order chi connectivity index (χ1) is 9.04. The number of nitrogens with two attached hydrogens (primary N) is 1. The summed E-state index contributed by atoms with van der Waals surface area (Å²) < 4.78 is 4.52. The van der Waals surface area contributed by atoms with Gasteiger partial charge in [0.05, 0.1) is 19.3 Å². The van der Waals surface area contributed by atoms with Gasteiger partial charge in [-0.1, -0.05) is 6.07 Å². The summed E-state index contributed by atoms with van der Waals surface area (Å²) in [4.78, 5) is 22.6. The van der Waals surface area contributed by atoms with Gasteiger partial charge in [0.25, 0.3) is 0 Å². The molecule has 0 saturated carbocycles. The van der Waals surface area contributed by atoms with Gasteiger partial charge in [0.1, 0.15) is 0 Å². The summed E-state index contributed by atoms with van der Waals surface area (Å²) >= 11 is 1.39. The second-order valence-electron chi connectivity index (χ2n) is 3.95. The summed E-state index contributed by atoms with van der Waals surface area (Å²) in [5.74, 6) is 0.490. The molecule has 1 aromatic carbocycles. The van der Waals surface area contributed by atoms with E-state index in [1.165, 1.54) is 18.9 Å². The fraction of sp³-hybridized carbons (Fsp3) is 0.385. The molecule has 0 atom stereocenters. The number of benzene rings is 1. The molecule has 0 aliphatic rings. The van der Waals surface area contributed by atoms with E-state index < -0.39 is 0 Å². The molecule has 104 valence electrons. The predicted octanol–water partition coefficient (Wildman–Crippen LogP) is 1.81. The Balaban J connectivity index is 2.35. The van der Waals surface area contributed by atoms with Crippen LogP contribution in [0.5, 0.6) is 0 Å². The molecule has 0 fully saturated rings. The number of hydrogen-bond acceptors (Lipinski definition) is 5. The Morgan fingerprint density at radius 2 is 2.16 bits per heavy atom. The molecular weight excluding hydrogens is 264 g/mol. The van der Waals surface area contributed by atoms with Gasteiger partial charge < -0.3 is 15.8 Å². The number of nitrogens with one attached hydrogen (secondary N) is 1. The maximum atomic E-state index is 11.7. The molecule has 1 rings (SSSR count). The van der Waals surface area contributed by atoms with Gasteiger partial charge in [0.15, 0.2) is 0 Å². The van der Waals surface area contributed by atoms with Crippen LogP contribution in [0, 0.1) is 6.92 Å². The molecule has 0 aliphatic carbocycles. The maximum absolute atomic E-state index is 11.7. The van der Waals surface area contributed by atoms with Crippen molar-refractivity contribution in [1.82, 2.24) is 0 Å². The third-order valence-corrected chi connectivity index (χ3v) is 3.52. The highest BCUT2D eigenvalue weighted by molar-refractivity contribution is 7.99. The first-order valence-electron chi connectivity index (χ1n) is 5.84. The van der Waals surface area contributed by atoms with Crippen molar-refractivity contribution in [2.45, 2.75) is 13.3 Å². The number of carbonyl (C=O) groups excluding carboxylic acids is 2. The minimum absolute atomic E-state index is 0.108. The zero-order valence-electron chi connectivity index (χ0n) is 11.1. The molecule has 1 aromatic rings. The SMILES string of the molecule is COC(=O)CCSCC(=O)Nc1cccc(N)c1C. The number of carbonyl (C=O) groups is 2. The smallest absolute Gasteiger partial charge is 0.306 e. The Morgan fingerprint density at radius 3 is 2.84 bits per heavy atom. The Hall–Kier alpha value is -1.69. The number of esters is 1. The van der Waals surface area contributed by atoms with Crippen LogP contribution in [0.3, 0.4) is 0 Å². The van der Waals surface area contributed by atoms with Gasteiger partial charge in [0.2, 0.25) is 5.91 Å². The van der Waals surface area contributed by atoms with E-state index in [4.69, 9.17) is 5.73 Å². The van der Waals surface area contributed by atoms with E-state index in [1.54, 1.807) is 12.1 Å². The quantitative estimate of drug-likeness (QED) is 0.472. The number of amides is 1. The van der Waals surface area contributed by atoms with Crippen molar-refractivity contribution in [2.75, 3.05) is 29.7 Å². The number of methoxy groups -OCH3 is 1. The molecule has 0 aromatic heterocycles. The van der Waals surface area contributed by atoms with Crippen molar-refractivity contribution >= 4 is 35.0 Å². The molecule has 1 amide bonds. The fourth-order valence-corrected chi connectivity index (χ4v) is 2.11. The Morgan fingerprint density at radius 1 is 1.42 bits per heavy atom. The molecule has 0 radical (unpaired) electrons. The molecule has 3 N–H and O–H groups in total. The Bertz CT molecular complexity index is 463. The topological polar surface area (TPSA) is 81.4 Å². The zero-order chi connectivity index (χ0) is 14.3. The number of rotatable bonds is 6. The summed E-state index contributed by atoms with van der Waals surface area (Å²) in [5.41, 5.74) is 7.99. The van der Waals surface area contributed by atoms with Gasteiger partial charge in [-0.05, 0) is 24.6 Å². The normalized spacial score (nSPS) is 10.0. The average molecular weight is 282 g/mol. The number of nitrogen functional groups attached to an aromatic ring is 1. The van der Waals surface area contributed by atoms with Gasteiger partial charge in [0, 0.05) is 17.1 Å². The van der Waals surface area contributed by atoms with Crippen LogP contribution in [0.4, 0.5) is 11.4 Å². The number of ether oxygens (including phenoxy) is 1. The van der Waals surface area contributed by atoms with Crippen LogP contribution < -0.4 is 11.1 Å². The molecule has 0 heterocycles. The van der Waals surface area contributed by atoms with Crippen molar-refractivity contribution in [1.29, 1.82) is 0 Å². The van der Waals surface area contributed by atoms with E-state index in [-0.39, 0.29) is 11.9 Å². The molecule has 0 saturated heterocycles. The van der Waals surface area contributed by atoms with E-state index in [2.05, 4.69) is 10.1 Å². The van der Waals surface area contributed by atoms with Crippen molar-refractivity contribution in [2.24, 2.45) is 0 Å². The van der Waals surface area contributed by atoms with E-state index >= 15 is 0 Å². The van der Waals surface area contributed by atoms with Gasteiger partial charge in [-0.3, -0.25) is 9.59 Å². The average Bonchev–Trinajstić information content (AvgIpc) is 2.39. The number of thioether (sulfide) groups is 1. The standard InChI is InChI=1S/C13H18N2O3S/c1-9-10(14)4-3-5-11(9)15-12(16)8-19-7-6-13(17)18-2/h3-5H,6-8,14H2,1-2H3,(H,15,16). The maximum Gasteiger partial charge on any atom is 0.306 e.